The number of hydrogen-bond donors (Lipinski definition) is 2. The molecule has 2 N–H and O–H groups in total. The van der Waals surface area contributed by atoms with Gasteiger partial charge in [-0.15, -0.1) is 23.1 Å². The van der Waals surface area contributed by atoms with Crippen molar-refractivity contribution in [1.82, 2.24) is 0 Å². The first kappa shape index (κ1) is 28.3. The van der Waals surface area contributed by atoms with Gasteiger partial charge in [0.2, 0.25) is 11.8 Å². The minimum absolute atomic E-state index is 0.00130. The number of fused-ring (bicyclic) bond motifs is 1. The Balaban J connectivity index is 1.68. The molecule has 2 amide bonds. The number of nitrogens with one attached hydrogen (secondary N) is 2. The lowest BCUT2D eigenvalue weighted by molar-refractivity contribution is -0.116. The van der Waals surface area contributed by atoms with Crippen molar-refractivity contribution >= 4 is 51.6 Å². The summed E-state index contributed by atoms with van der Waals surface area (Å²) < 4.78 is 5.34. The molecule has 2 aromatic rings. The van der Waals surface area contributed by atoms with E-state index in [1.165, 1.54) is 28.0 Å². The third kappa shape index (κ3) is 7.59. The molecule has 0 bridgehead atoms. The number of unbranched alkanes of at least 4 members (excludes halogenated alkanes) is 1. The Labute approximate surface area is 223 Å². The Bertz CT molecular complexity index is 1090. The van der Waals surface area contributed by atoms with Gasteiger partial charge >= 0.3 is 5.97 Å². The number of benzene rings is 1. The number of thioether (sulfide) groups is 1. The minimum Gasteiger partial charge on any atom is -0.462 e. The van der Waals surface area contributed by atoms with E-state index in [0.717, 1.165) is 48.3 Å². The highest BCUT2D eigenvalue weighted by Crippen LogP contribution is 2.44. The van der Waals surface area contributed by atoms with Crippen LogP contribution in [0.4, 0.5) is 10.7 Å². The molecule has 1 atom stereocenters. The molecule has 0 saturated heterocycles. The van der Waals surface area contributed by atoms with Crippen molar-refractivity contribution in [3.8, 4) is 0 Å². The van der Waals surface area contributed by atoms with Gasteiger partial charge in [0.15, 0.2) is 0 Å². The lowest BCUT2D eigenvalue weighted by Crippen LogP contribution is -2.26. The Morgan fingerprint density at radius 2 is 1.92 bits per heavy atom. The second-order valence-electron chi connectivity index (χ2n) is 10.3. The number of rotatable bonds is 10. The number of anilines is 2. The van der Waals surface area contributed by atoms with Crippen LogP contribution in [0.15, 0.2) is 29.2 Å². The number of carbonyl (C=O) groups excluding carboxylic acids is 3. The molecule has 8 heteroatoms. The van der Waals surface area contributed by atoms with Crippen molar-refractivity contribution in [2.24, 2.45) is 11.3 Å². The lowest BCUT2D eigenvalue weighted by atomic mass is 9.72. The first-order valence-electron chi connectivity index (χ1n) is 12.8. The maximum atomic E-state index is 12.9. The summed E-state index contributed by atoms with van der Waals surface area (Å²) in [7, 11) is 0. The summed E-state index contributed by atoms with van der Waals surface area (Å²) in [6.07, 6.45) is 5.09. The maximum Gasteiger partial charge on any atom is 0.341 e. The van der Waals surface area contributed by atoms with E-state index in [-0.39, 0.29) is 29.0 Å². The Kier molecular flexibility index (Phi) is 10.0. The van der Waals surface area contributed by atoms with Gasteiger partial charge in [0.25, 0.3) is 0 Å². The smallest absolute Gasteiger partial charge is 0.341 e. The Hall–Kier alpha value is -2.32. The van der Waals surface area contributed by atoms with Crippen molar-refractivity contribution in [3.05, 3.63) is 40.3 Å². The van der Waals surface area contributed by atoms with Gasteiger partial charge in [0.1, 0.15) is 5.00 Å². The summed E-state index contributed by atoms with van der Waals surface area (Å²) in [4.78, 5) is 39.8. The number of thiophene rings is 1. The molecule has 0 saturated carbocycles. The molecule has 1 aromatic heterocycles. The summed E-state index contributed by atoms with van der Waals surface area (Å²) in [5, 5.41) is 6.50. The van der Waals surface area contributed by atoms with E-state index in [9.17, 15) is 14.4 Å². The Morgan fingerprint density at radius 1 is 1.14 bits per heavy atom. The normalized spacial score (nSPS) is 15.2. The Morgan fingerprint density at radius 3 is 2.61 bits per heavy atom. The van der Waals surface area contributed by atoms with Gasteiger partial charge in [-0.3, -0.25) is 9.59 Å². The van der Waals surface area contributed by atoms with E-state index in [1.54, 1.807) is 6.92 Å². The SMILES string of the molecule is CCCCC(=O)Nc1cccc(SCC(=O)Nc2sc3c(c2C(=O)OCC)CCC(C(C)(C)C)C3)c1. The van der Waals surface area contributed by atoms with Gasteiger partial charge in [0, 0.05) is 21.9 Å². The summed E-state index contributed by atoms with van der Waals surface area (Å²) in [6, 6.07) is 7.51. The van der Waals surface area contributed by atoms with E-state index < -0.39 is 0 Å². The molecular formula is C28H38N2O4S2. The lowest BCUT2D eigenvalue weighted by Gasteiger charge is -2.33. The fraction of sp³-hybridized carbons (Fsp3) is 0.536. The van der Waals surface area contributed by atoms with Gasteiger partial charge in [-0.2, -0.15) is 0 Å². The average molecular weight is 531 g/mol. The van der Waals surface area contributed by atoms with Crippen LogP contribution in [0.5, 0.6) is 0 Å². The number of hydrogen-bond acceptors (Lipinski definition) is 6. The molecule has 1 aliphatic carbocycles. The zero-order valence-corrected chi connectivity index (χ0v) is 23.6. The average Bonchev–Trinajstić information content (AvgIpc) is 3.18. The first-order chi connectivity index (χ1) is 17.1. The van der Waals surface area contributed by atoms with E-state index in [4.69, 9.17) is 4.74 Å². The van der Waals surface area contributed by atoms with Crippen LogP contribution in [0.25, 0.3) is 0 Å². The molecule has 3 rings (SSSR count). The molecule has 0 spiro atoms. The third-order valence-electron chi connectivity index (χ3n) is 6.47. The molecule has 1 aromatic carbocycles. The topological polar surface area (TPSA) is 84.5 Å². The highest BCUT2D eigenvalue weighted by atomic mass is 32.2. The van der Waals surface area contributed by atoms with Crippen LogP contribution < -0.4 is 10.6 Å². The molecule has 36 heavy (non-hydrogen) atoms. The number of esters is 1. The van der Waals surface area contributed by atoms with E-state index >= 15 is 0 Å². The highest BCUT2D eigenvalue weighted by Gasteiger charge is 2.34. The molecule has 0 aliphatic heterocycles. The fourth-order valence-corrected chi connectivity index (χ4v) is 6.46. The van der Waals surface area contributed by atoms with Gasteiger partial charge in [-0.1, -0.05) is 40.2 Å². The van der Waals surface area contributed by atoms with Crippen LogP contribution in [0, 0.1) is 11.3 Å². The van der Waals surface area contributed by atoms with Crippen molar-refractivity contribution in [2.75, 3.05) is 23.0 Å². The van der Waals surface area contributed by atoms with Crippen LogP contribution in [0.3, 0.4) is 0 Å². The predicted octanol–water partition coefficient (Wildman–Crippen LogP) is 6.94. The molecule has 196 valence electrons. The van der Waals surface area contributed by atoms with Crippen LogP contribution in [0.1, 0.15) is 81.1 Å². The second kappa shape index (κ2) is 12.8. The van der Waals surface area contributed by atoms with Gasteiger partial charge in [0.05, 0.1) is 17.9 Å². The van der Waals surface area contributed by atoms with E-state index in [0.29, 0.717) is 29.5 Å². The molecule has 6 nitrogen and oxygen atoms in total. The maximum absolute atomic E-state index is 12.9. The first-order valence-corrected chi connectivity index (χ1v) is 14.6. The largest absolute Gasteiger partial charge is 0.462 e. The van der Waals surface area contributed by atoms with Gasteiger partial charge < -0.3 is 15.4 Å². The van der Waals surface area contributed by atoms with Gasteiger partial charge in [-0.05, 0) is 67.7 Å². The zero-order valence-electron chi connectivity index (χ0n) is 22.0. The van der Waals surface area contributed by atoms with E-state index in [1.807, 2.05) is 24.3 Å². The number of ether oxygens (including phenoxy) is 1. The monoisotopic (exact) mass is 530 g/mol. The number of carbonyl (C=O) groups is 3. The van der Waals surface area contributed by atoms with Crippen molar-refractivity contribution in [2.45, 2.75) is 78.0 Å². The summed E-state index contributed by atoms with van der Waals surface area (Å²) in [5.74, 6) is 0.196. The van der Waals surface area contributed by atoms with Crippen molar-refractivity contribution in [1.29, 1.82) is 0 Å². The van der Waals surface area contributed by atoms with Crippen LogP contribution in [-0.2, 0) is 27.2 Å². The predicted molar refractivity (Wildman–Crippen MR) is 149 cm³/mol. The van der Waals surface area contributed by atoms with Crippen molar-refractivity contribution < 1.29 is 19.1 Å². The van der Waals surface area contributed by atoms with Gasteiger partial charge in [-0.25, -0.2) is 4.79 Å². The summed E-state index contributed by atoms with van der Waals surface area (Å²) in [5.41, 5.74) is 2.48. The molecular weight excluding hydrogens is 492 g/mol. The third-order valence-corrected chi connectivity index (χ3v) is 8.63. The van der Waals surface area contributed by atoms with E-state index in [2.05, 4.69) is 38.3 Å². The summed E-state index contributed by atoms with van der Waals surface area (Å²) in [6.45, 7) is 10.9. The molecule has 1 aliphatic rings. The molecule has 0 radical (unpaired) electrons. The van der Waals surface area contributed by atoms with Crippen LogP contribution in [0.2, 0.25) is 0 Å². The summed E-state index contributed by atoms with van der Waals surface area (Å²) >= 11 is 2.91. The fourth-order valence-electron chi connectivity index (χ4n) is 4.37. The second-order valence-corrected chi connectivity index (χ2v) is 12.4. The van der Waals surface area contributed by atoms with Crippen LogP contribution >= 0.6 is 23.1 Å². The highest BCUT2D eigenvalue weighted by molar-refractivity contribution is 8.00. The van der Waals surface area contributed by atoms with Crippen LogP contribution in [-0.4, -0.2) is 30.1 Å². The molecule has 1 heterocycles. The molecule has 0 fully saturated rings. The quantitative estimate of drug-likeness (QED) is 0.257. The van der Waals surface area contributed by atoms with Crippen molar-refractivity contribution in [3.63, 3.8) is 0 Å². The zero-order chi connectivity index (χ0) is 26.3. The molecule has 1 unspecified atom stereocenters. The number of amides is 2. The minimum atomic E-state index is -0.362. The standard InChI is InChI=1S/C28H38N2O4S2/c1-6-8-12-23(31)29-19-10-9-11-20(16-19)35-17-24(32)30-26-25(27(33)34-7-2)21-14-13-18(28(3,4)5)15-22(21)36-26/h9-11,16,18H,6-8,12-15,17H2,1-5H3,(H,29,31)(H,30,32).